The molecule has 9 heteroatoms. The number of aliphatic carboxylic acids is 1. The molecule has 488 valence electrons. The number of allylic oxidation sites excluding steroid dienone is 18. The lowest BCUT2D eigenvalue weighted by molar-refractivity contribution is -0.870. The van der Waals surface area contributed by atoms with E-state index in [0.29, 0.717) is 17.4 Å². The van der Waals surface area contributed by atoms with Gasteiger partial charge in [0.05, 0.1) is 34.4 Å². The summed E-state index contributed by atoms with van der Waals surface area (Å²) in [6.45, 7) is 4.77. The van der Waals surface area contributed by atoms with E-state index in [4.69, 9.17) is 18.9 Å². The molecule has 0 aliphatic carbocycles. The zero-order valence-corrected chi connectivity index (χ0v) is 55.7. The molecule has 0 amide bonds. The number of nitrogens with zero attached hydrogens (tertiary/aromatic N) is 1. The average molecular weight is 1190 g/mol. The minimum absolute atomic E-state index is 0.184. The summed E-state index contributed by atoms with van der Waals surface area (Å²) < 4.78 is 23.0. The van der Waals surface area contributed by atoms with E-state index >= 15 is 0 Å². The Balaban J connectivity index is 4.07. The molecule has 0 spiro atoms. The van der Waals surface area contributed by atoms with E-state index in [0.717, 1.165) is 89.9 Å². The van der Waals surface area contributed by atoms with Crippen molar-refractivity contribution >= 4 is 17.9 Å². The molecular weight excluding hydrogens is 1050 g/mol. The second-order valence-corrected chi connectivity index (χ2v) is 24.5. The van der Waals surface area contributed by atoms with E-state index in [1.807, 2.05) is 21.1 Å². The Hall–Kier alpha value is -4.05. The molecule has 0 bridgehead atoms. The summed E-state index contributed by atoms with van der Waals surface area (Å²) in [7, 11) is 5.98. The molecule has 85 heavy (non-hydrogen) atoms. The van der Waals surface area contributed by atoms with Crippen LogP contribution in [-0.2, 0) is 33.3 Å². The number of hydrogen-bond donors (Lipinski definition) is 1. The van der Waals surface area contributed by atoms with Gasteiger partial charge in [0.15, 0.2) is 6.10 Å². The van der Waals surface area contributed by atoms with Crippen molar-refractivity contribution in [1.82, 2.24) is 0 Å². The fourth-order valence-corrected chi connectivity index (χ4v) is 9.67. The summed E-state index contributed by atoms with van der Waals surface area (Å²) in [5.74, 6) is -2.00. The lowest BCUT2D eigenvalue weighted by atomic mass is 10.0. The highest BCUT2D eigenvalue weighted by atomic mass is 16.7. The van der Waals surface area contributed by atoms with Crippen molar-refractivity contribution in [2.24, 2.45) is 0 Å². The third-order valence-corrected chi connectivity index (χ3v) is 15.0. The van der Waals surface area contributed by atoms with E-state index in [-0.39, 0.29) is 32.2 Å². The Bertz CT molecular complexity index is 1760. The van der Waals surface area contributed by atoms with Gasteiger partial charge in [-0.3, -0.25) is 9.59 Å². The van der Waals surface area contributed by atoms with Crippen LogP contribution in [-0.4, -0.2) is 87.4 Å². The molecular formula is C76H132NO8+. The molecule has 0 fully saturated rings. The van der Waals surface area contributed by atoms with Crippen molar-refractivity contribution < 1.29 is 42.9 Å². The van der Waals surface area contributed by atoms with Crippen LogP contribution >= 0.6 is 0 Å². The van der Waals surface area contributed by atoms with Crippen molar-refractivity contribution in [3.8, 4) is 0 Å². The smallest absolute Gasteiger partial charge is 0.361 e. The fourth-order valence-electron chi connectivity index (χ4n) is 9.67. The molecule has 1 N–H and O–H groups in total. The van der Waals surface area contributed by atoms with Gasteiger partial charge in [0, 0.05) is 12.8 Å². The minimum atomic E-state index is -1.52. The van der Waals surface area contributed by atoms with E-state index in [2.05, 4.69) is 123 Å². The average Bonchev–Trinajstić information content (AvgIpc) is 3.49. The Morgan fingerprint density at radius 2 is 0.671 bits per heavy atom. The van der Waals surface area contributed by atoms with Gasteiger partial charge in [-0.15, -0.1) is 0 Å². The van der Waals surface area contributed by atoms with Gasteiger partial charge in [-0.2, -0.15) is 0 Å². The van der Waals surface area contributed by atoms with Crippen LogP contribution in [0.4, 0.5) is 0 Å². The Morgan fingerprint density at radius 3 is 1.00 bits per heavy atom. The van der Waals surface area contributed by atoms with Crippen molar-refractivity contribution in [2.75, 3.05) is 47.5 Å². The number of hydrogen-bond acceptors (Lipinski definition) is 7. The van der Waals surface area contributed by atoms with Gasteiger partial charge in [0.2, 0.25) is 0 Å². The van der Waals surface area contributed by atoms with E-state index in [1.54, 1.807) is 0 Å². The Labute approximate surface area is 524 Å². The number of rotatable bonds is 64. The topological polar surface area (TPSA) is 108 Å². The monoisotopic (exact) mass is 1190 g/mol. The summed E-state index contributed by atoms with van der Waals surface area (Å²) in [6, 6.07) is 0. The first-order valence-corrected chi connectivity index (χ1v) is 35.1. The first-order chi connectivity index (χ1) is 41.6. The number of carbonyl (C=O) groups excluding carboxylic acids is 2. The number of carbonyl (C=O) groups is 3. The molecule has 0 aliphatic heterocycles. The van der Waals surface area contributed by atoms with E-state index < -0.39 is 24.3 Å². The highest BCUT2D eigenvalue weighted by Gasteiger charge is 2.25. The van der Waals surface area contributed by atoms with E-state index in [1.165, 1.54) is 180 Å². The summed E-state index contributed by atoms with van der Waals surface area (Å²) in [6.07, 6.45) is 89.1. The highest BCUT2D eigenvalue weighted by Crippen LogP contribution is 2.17. The standard InChI is InChI=1S/C76H131NO8/c1-6-8-10-12-14-16-18-20-22-24-26-28-29-30-31-32-33-34-35-36-37-38-39-40-41-42-43-44-45-47-49-51-53-55-57-59-61-63-65-67-74(79)85-72(71-84-76(75(80)81)82-69-68-77(3,4)5)70-83-73(78)66-64-62-60-58-56-54-52-50-48-46-27-25-23-21-19-17-15-13-11-9-7-2/h8,10,14,16,19-22,25-28,30-31,33-34,36-37,72,76H,6-7,9,11-13,15,17-18,23-24,29,32,35,38-71H2,1-5H3/p+1/b10-8-,16-14-,21-19-,22-20-,27-25-,28-26-,31-30-,34-33-,37-36-. The predicted molar refractivity (Wildman–Crippen MR) is 364 cm³/mol. The van der Waals surface area contributed by atoms with Crippen molar-refractivity contribution in [1.29, 1.82) is 0 Å². The molecule has 0 rings (SSSR count). The van der Waals surface area contributed by atoms with Gasteiger partial charge in [-0.1, -0.05) is 290 Å². The first kappa shape index (κ1) is 81.0. The van der Waals surface area contributed by atoms with Gasteiger partial charge in [0.25, 0.3) is 6.29 Å². The molecule has 0 aromatic heterocycles. The Kier molecular flexibility index (Phi) is 62.8. The van der Waals surface area contributed by atoms with Crippen LogP contribution in [0.15, 0.2) is 109 Å². The summed E-state index contributed by atoms with van der Waals surface area (Å²) in [5.41, 5.74) is 0. The van der Waals surface area contributed by atoms with Crippen LogP contribution in [0, 0.1) is 0 Å². The maximum absolute atomic E-state index is 12.9. The van der Waals surface area contributed by atoms with Gasteiger partial charge in [-0.25, -0.2) is 4.79 Å². The summed E-state index contributed by atoms with van der Waals surface area (Å²) in [5, 5.41) is 9.74. The van der Waals surface area contributed by atoms with Gasteiger partial charge in [-0.05, 0) is 103 Å². The second kappa shape index (κ2) is 65.9. The van der Waals surface area contributed by atoms with Crippen LogP contribution < -0.4 is 0 Å². The first-order valence-electron chi connectivity index (χ1n) is 35.1. The van der Waals surface area contributed by atoms with Crippen molar-refractivity contribution in [2.45, 2.75) is 309 Å². The molecule has 9 nitrogen and oxygen atoms in total. The van der Waals surface area contributed by atoms with Crippen LogP contribution in [0.5, 0.6) is 0 Å². The van der Waals surface area contributed by atoms with Crippen LogP contribution in [0.1, 0.15) is 296 Å². The van der Waals surface area contributed by atoms with Crippen LogP contribution in [0.2, 0.25) is 0 Å². The molecule has 0 aromatic rings. The number of quaternary nitrogens is 1. The number of likely N-dealkylation sites (N-methyl/N-ethyl adjacent to an activating group) is 1. The van der Waals surface area contributed by atoms with Gasteiger partial charge in [0.1, 0.15) is 13.2 Å². The van der Waals surface area contributed by atoms with Crippen LogP contribution in [0.3, 0.4) is 0 Å². The molecule has 0 saturated heterocycles. The van der Waals surface area contributed by atoms with Crippen LogP contribution in [0.25, 0.3) is 0 Å². The maximum atomic E-state index is 12.9. The largest absolute Gasteiger partial charge is 0.477 e. The number of unbranched alkanes of at least 4 members (excludes halogenated alkanes) is 31. The third kappa shape index (κ3) is 67.3. The Morgan fingerprint density at radius 1 is 0.365 bits per heavy atom. The summed E-state index contributed by atoms with van der Waals surface area (Å²) >= 11 is 0. The molecule has 0 heterocycles. The molecule has 2 unspecified atom stereocenters. The lowest BCUT2D eigenvalue weighted by Gasteiger charge is -2.25. The van der Waals surface area contributed by atoms with Gasteiger partial charge >= 0.3 is 17.9 Å². The minimum Gasteiger partial charge on any atom is -0.477 e. The van der Waals surface area contributed by atoms with E-state index in [9.17, 15) is 19.5 Å². The summed E-state index contributed by atoms with van der Waals surface area (Å²) in [4.78, 5) is 37.6. The molecule has 2 atom stereocenters. The number of carboxylic acid groups (broad SMARTS) is 1. The number of esters is 2. The zero-order valence-electron chi connectivity index (χ0n) is 55.7. The second-order valence-electron chi connectivity index (χ2n) is 24.5. The molecule has 0 saturated carbocycles. The number of ether oxygens (including phenoxy) is 4. The number of carboxylic acids is 1. The lowest BCUT2D eigenvalue weighted by Crippen LogP contribution is -2.40. The molecule has 0 radical (unpaired) electrons. The SMILES string of the molecule is CC/C=C\C/C=C\C/C=C\C/C=C\C/C=C\C/C=C\C/C=C\CCCCCCCCCCCCCCCCCCCC(=O)OC(COC(=O)CCCCCCCCCCC/C=C\C/C=C\CCCCCCC)COC(OCC[N+](C)(C)C)C(=O)O. The maximum Gasteiger partial charge on any atom is 0.361 e. The normalized spacial score (nSPS) is 13.4. The molecule has 0 aromatic carbocycles. The van der Waals surface area contributed by atoms with Crippen molar-refractivity contribution in [3.05, 3.63) is 109 Å². The third-order valence-electron chi connectivity index (χ3n) is 15.0. The quantitative estimate of drug-likeness (QED) is 0.0211. The fraction of sp³-hybridized carbons (Fsp3) is 0.724. The highest BCUT2D eigenvalue weighted by molar-refractivity contribution is 5.71. The zero-order chi connectivity index (χ0) is 61.9. The van der Waals surface area contributed by atoms with Gasteiger partial charge < -0.3 is 28.5 Å². The predicted octanol–water partition coefficient (Wildman–Crippen LogP) is 21.8. The van der Waals surface area contributed by atoms with Crippen molar-refractivity contribution in [3.63, 3.8) is 0 Å². The molecule has 0 aliphatic rings.